The number of aliphatic carboxylic acids is 1. The summed E-state index contributed by atoms with van der Waals surface area (Å²) in [6.07, 6.45) is -4.76. The fourth-order valence-corrected chi connectivity index (χ4v) is 2.64. The SMILES string of the molecule is COc1cc([N+](=O)[O-])ccc1NC(=O)N1C[C@@H](C(F)(F)F)[C@H](C(=O)O)C1. The third-order valence-electron chi connectivity index (χ3n) is 3.98. The second-order valence-corrected chi connectivity index (χ2v) is 5.57. The molecule has 1 aromatic carbocycles. The van der Waals surface area contributed by atoms with E-state index in [4.69, 9.17) is 9.84 Å². The van der Waals surface area contributed by atoms with Gasteiger partial charge < -0.3 is 20.1 Å². The zero-order valence-electron chi connectivity index (χ0n) is 13.3. The van der Waals surface area contributed by atoms with Crippen LogP contribution in [0.5, 0.6) is 5.75 Å². The molecule has 1 heterocycles. The number of nitro groups is 1. The lowest BCUT2D eigenvalue weighted by atomic mass is 9.96. The molecule has 2 N–H and O–H groups in total. The second-order valence-electron chi connectivity index (χ2n) is 5.57. The number of likely N-dealkylation sites (tertiary alicyclic amines) is 1. The topological polar surface area (TPSA) is 122 Å². The Morgan fingerprint density at radius 2 is 2.04 bits per heavy atom. The number of halogens is 3. The van der Waals surface area contributed by atoms with Gasteiger partial charge in [-0.15, -0.1) is 0 Å². The van der Waals surface area contributed by atoms with Crippen LogP contribution >= 0.6 is 0 Å². The minimum absolute atomic E-state index is 0.00503. The number of carboxylic acid groups (broad SMARTS) is 1. The van der Waals surface area contributed by atoms with Gasteiger partial charge in [-0.25, -0.2) is 4.79 Å². The average Bonchev–Trinajstić information content (AvgIpc) is 3.01. The Hall–Kier alpha value is -3.05. The molecule has 0 bridgehead atoms. The van der Waals surface area contributed by atoms with Crippen LogP contribution in [0, 0.1) is 22.0 Å². The van der Waals surface area contributed by atoms with Crippen LogP contribution in [0.25, 0.3) is 0 Å². The lowest BCUT2D eigenvalue weighted by molar-refractivity contribution is -0.384. The van der Waals surface area contributed by atoms with Gasteiger partial charge in [0.2, 0.25) is 0 Å². The molecule has 1 aromatic rings. The lowest BCUT2D eigenvalue weighted by Gasteiger charge is -2.19. The first kappa shape index (κ1) is 19.3. The highest BCUT2D eigenvalue weighted by Gasteiger charge is 2.53. The number of nitrogens with one attached hydrogen (secondary N) is 1. The normalized spacial score (nSPS) is 19.9. The van der Waals surface area contributed by atoms with Crippen molar-refractivity contribution < 1.29 is 37.5 Å². The predicted octanol–water partition coefficient (Wildman–Crippen LogP) is 2.33. The number of carbonyl (C=O) groups is 2. The van der Waals surface area contributed by atoms with Crippen molar-refractivity contribution in [3.8, 4) is 5.75 Å². The van der Waals surface area contributed by atoms with Crippen molar-refractivity contribution in [3.05, 3.63) is 28.3 Å². The molecular formula is C14H14F3N3O6. The van der Waals surface area contributed by atoms with E-state index in [1.807, 2.05) is 0 Å². The number of methoxy groups -OCH3 is 1. The Labute approximate surface area is 144 Å². The van der Waals surface area contributed by atoms with Crippen LogP contribution in [-0.2, 0) is 4.79 Å². The number of alkyl halides is 3. The van der Waals surface area contributed by atoms with E-state index in [1.54, 1.807) is 0 Å². The van der Waals surface area contributed by atoms with Crippen molar-refractivity contribution in [2.75, 3.05) is 25.5 Å². The molecule has 2 atom stereocenters. The van der Waals surface area contributed by atoms with E-state index in [0.717, 1.165) is 17.0 Å². The van der Waals surface area contributed by atoms with Gasteiger partial charge in [0.25, 0.3) is 5.69 Å². The Balaban J connectivity index is 2.18. The summed E-state index contributed by atoms with van der Waals surface area (Å²) in [6.45, 7) is -1.41. The molecule has 12 heteroatoms. The van der Waals surface area contributed by atoms with E-state index in [0.29, 0.717) is 0 Å². The highest BCUT2D eigenvalue weighted by atomic mass is 19.4. The number of ether oxygens (including phenoxy) is 1. The number of urea groups is 1. The largest absolute Gasteiger partial charge is 0.494 e. The molecule has 1 aliphatic rings. The smallest absolute Gasteiger partial charge is 0.394 e. The Bertz CT molecular complexity index is 739. The number of hydrogen-bond acceptors (Lipinski definition) is 5. The zero-order valence-corrected chi connectivity index (χ0v) is 13.3. The minimum Gasteiger partial charge on any atom is -0.494 e. The Morgan fingerprint density at radius 1 is 1.38 bits per heavy atom. The van der Waals surface area contributed by atoms with Gasteiger partial charge in [0, 0.05) is 19.2 Å². The lowest BCUT2D eigenvalue weighted by Crippen LogP contribution is -2.35. The van der Waals surface area contributed by atoms with Crippen LogP contribution in [0.1, 0.15) is 0 Å². The highest BCUT2D eigenvalue weighted by Crippen LogP contribution is 2.38. The summed E-state index contributed by atoms with van der Waals surface area (Å²) in [4.78, 5) is 34.0. The average molecular weight is 377 g/mol. The molecule has 0 unspecified atom stereocenters. The number of nitro benzene ring substituents is 1. The van der Waals surface area contributed by atoms with Gasteiger partial charge in [0.15, 0.2) is 0 Å². The Morgan fingerprint density at radius 3 is 2.50 bits per heavy atom. The van der Waals surface area contributed by atoms with Crippen molar-refractivity contribution in [3.63, 3.8) is 0 Å². The van der Waals surface area contributed by atoms with Crippen molar-refractivity contribution in [2.45, 2.75) is 6.18 Å². The fraction of sp³-hybridized carbons (Fsp3) is 0.429. The van der Waals surface area contributed by atoms with Crippen molar-refractivity contribution >= 4 is 23.4 Å². The molecule has 1 saturated heterocycles. The third kappa shape index (κ3) is 3.95. The van der Waals surface area contributed by atoms with E-state index in [2.05, 4.69) is 5.32 Å². The maximum absolute atomic E-state index is 13.0. The summed E-state index contributed by atoms with van der Waals surface area (Å²) in [7, 11) is 1.20. The molecule has 26 heavy (non-hydrogen) atoms. The number of carboxylic acids is 1. The minimum atomic E-state index is -4.76. The molecule has 1 aliphatic heterocycles. The fourth-order valence-electron chi connectivity index (χ4n) is 2.64. The number of rotatable bonds is 4. The van der Waals surface area contributed by atoms with Crippen molar-refractivity contribution in [2.24, 2.45) is 11.8 Å². The van der Waals surface area contributed by atoms with Crippen molar-refractivity contribution in [1.29, 1.82) is 0 Å². The highest BCUT2D eigenvalue weighted by molar-refractivity contribution is 5.92. The van der Waals surface area contributed by atoms with E-state index in [9.17, 15) is 32.9 Å². The predicted molar refractivity (Wildman–Crippen MR) is 80.9 cm³/mol. The number of anilines is 1. The number of nitrogens with zero attached hydrogens (tertiary/aromatic N) is 2. The van der Waals surface area contributed by atoms with Crippen LogP contribution in [0.15, 0.2) is 18.2 Å². The molecule has 0 saturated carbocycles. The van der Waals surface area contributed by atoms with Crippen LogP contribution < -0.4 is 10.1 Å². The molecule has 0 spiro atoms. The quantitative estimate of drug-likeness (QED) is 0.613. The second kappa shape index (κ2) is 7.06. The van der Waals surface area contributed by atoms with E-state index in [-0.39, 0.29) is 17.1 Å². The summed E-state index contributed by atoms with van der Waals surface area (Å²) in [5.41, 5.74) is -0.297. The van der Waals surface area contributed by atoms with Gasteiger partial charge in [-0.1, -0.05) is 0 Å². The molecule has 9 nitrogen and oxygen atoms in total. The number of benzene rings is 1. The third-order valence-corrected chi connectivity index (χ3v) is 3.98. The van der Waals surface area contributed by atoms with Gasteiger partial charge in [0.1, 0.15) is 5.75 Å². The first-order chi connectivity index (χ1) is 12.0. The van der Waals surface area contributed by atoms with Crippen LogP contribution in [-0.4, -0.2) is 53.3 Å². The number of hydrogen-bond donors (Lipinski definition) is 2. The number of carbonyl (C=O) groups excluding carboxylic acids is 1. The van der Waals surface area contributed by atoms with Crippen LogP contribution in [0.3, 0.4) is 0 Å². The number of non-ortho nitro benzene ring substituents is 1. The molecule has 1 fully saturated rings. The van der Waals surface area contributed by atoms with Gasteiger partial charge in [-0.2, -0.15) is 13.2 Å². The molecule has 142 valence electrons. The van der Waals surface area contributed by atoms with E-state index < -0.39 is 48.0 Å². The summed E-state index contributed by atoms with van der Waals surface area (Å²) in [5.74, 6) is -5.64. The van der Waals surface area contributed by atoms with Crippen LogP contribution in [0.2, 0.25) is 0 Å². The summed E-state index contributed by atoms with van der Waals surface area (Å²) >= 11 is 0. The van der Waals surface area contributed by atoms with Gasteiger partial charge in [-0.05, 0) is 6.07 Å². The molecule has 0 radical (unpaired) electrons. The number of amides is 2. The van der Waals surface area contributed by atoms with Gasteiger partial charge >= 0.3 is 18.2 Å². The summed E-state index contributed by atoms with van der Waals surface area (Å²) in [5, 5.41) is 22.0. The maximum atomic E-state index is 13.0. The Kier molecular flexibility index (Phi) is 5.23. The van der Waals surface area contributed by atoms with Crippen molar-refractivity contribution in [1.82, 2.24) is 4.90 Å². The molecule has 2 amide bonds. The first-order valence-electron chi connectivity index (χ1n) is 7.22. The first-order valence-corrected chi connectivity index (χ1v) is 7.22. The monoisotopic (exact) mass is 377 g/mol. The zero-order chi connectivity index (χ0) is 19.6. The molecule has 2 rings (SSSR count). The van der Waals surface area contributed by atoms with Gasteiger partial charge in [-0.3, -0.25) is 14.9 Å². The van der Waals surface area contributed by atoms with Crippen LogP contribution in [0.4, 0.5) is 29.3 Å². The standard InChI is InChI=1S/C14H14F3N3O6/c1-26-11-4-7(20(24)25)2-3-10(11)18-13(23)19-5-8(12(21)22)9(6-19)14(15,16)17/h2-4,8-9H,5-6H2,1H3,(H,18,23)(H,21,22)/t8-,9-/m1/s1. The van der Waals surface area contributed by atoms with Gasteiger partial charge in [0.05, 0.1) is 35.6 Å². The summed E-state index contributed by atoms with van der Waals surface area (Å²) < 4.78 is 43.8. The summed E-state index contributed by atoms with van der Waals surface area (Å²) in [6, 6.07) is 2.33. The van der Waals surface area contributed by atoms with E-state index in [1.165, 1.54) is 13.2 Å². The van der Waals surface area contributed by atoms with E-state index >= 15 is 0 Å². The maximum Gasteiger partial charge on any atom is 0.394 e. The molecular weight excluding hydrogens is 363 g/mol. The molecule has 0 aromatic heterocycles. The molecule has 0 aliphatic carbocycles.